The molecule has 4 heteroatoms. The van der Waals surface area contributed by atoms with Crippen LogP contribution in [0.1, 0.15) is 28.5 Å². The monoisotopic (exact) mass is 372 g/mol. The third-order valence-electron chi connectivity index (χ3n) is 5.31. The molecule has 0 aliphatic rings. The van der Waals surface area contributed by atoms with E-state index in [4.69, 9.17) is 10.5 Å². The molecule has 0 fully saturated rings. The smallest absolute Gasteiger partial charge is 0.340 e. The van der Waals surface area contributed by atoms with E-state index in [1.54, 1.807) is 0 Å². The number of esters is 1. The lowest BCUT2D eigenvalue weighted by Gasteiger charge is -2.10. The topological polar surface area (TPSA) is 57.2 Å². The molecule has 0 radical (unpaired) electrons. The predicted molar refractivity (Wildman–Crippen MR) is 114 cm³/mol. The lowest BCUT2D eigenvalue weighted by atomic mass is 9.95. The second-order valence-electron chi connectivity index (χ2n) is 7.07. The van der Waals surface area contributed by atoms with E-state index in [1.165, 1.54) is 21.9 Å². The Morgan fingerprint density at radius 3 is 2.61 bits per heavy atom. The van der Waals surface area contributed by atoms with Crippen LogP contribution in [0.5, 0.6) is 0 Å². The normalized spacial score (nSPS) is 11.3. The summed E-state index contributed by atoms with van der Waals surface area (Å²) in [6, 6.07) is 19.0. The van der Waals surface area contributed by atoms with E-state index in [9.17, 15) is 4.79 Å². The summed E-state index contributed by atoms with van der Waals surface area (Å²) in [6.07, 6.45) is 0. The number of hydrogen-bond acceptors (Lipinski definition) is 3. The first-order valence-electron chi connectivity index (χ1n) is 9.53. The van der Waals surface area contributed by atoms with Crippen LogP contribution < -0.4 is 5.73 Å². The molecule has 0 aliphatic heterocycles. The summed E-state index contributed by atoms with van der Waals surface area (Å²) >= 11 is 0. The molecule has 1 aromatic heterocycles. The van der Waals surface area contributed by atoms with E-state index in [0.29, 0.717) is 12.2 Å². The molecule has 0 aliphatic carbocycles. The van der Waals surface area contributed by atoms with Gasteiger partial charge in [-0.15, -0.1) is 0 Å². The Hall–Kier alpha value is -3.11. The molecule has 0 bridgehead atoms. The zero-order valence-corrected chi connectivity index (χ0v) is 16.5. The molecule has 0 amide bonds. The van der Waals surface area contributed by atoms with E-state index < -0.39 is 0 Å². The van der Waals surface area contributed by atoms with E-state index in [2.05, 4.69) is 55.5 Å². The van der Waals surface area contributed by atoms with Crippen LogP contribution in [0.2, 0.25) is 0 Å². The van der Waals surface area contributed by atoms with Crippen LogP contribution in [-0.2, 0) is 18.3 Å². The van der Waals surface area contributed by atoms with Gasteiger partial charge in [0.15, 0.2) is 0 Å². The second kappa shape index (κ2) is 7.13. The Kier molecular flexibility index (Phi) is 4.65. The molecule has 0 saturated carbocycles. The maximum absolute atomic E-state index is 12.5. The molecule has 0 unspecified atom stereocenters. The number of ether oxygens (including phenoxy) is 1. The van der Waals surface area contributed by atoms with E-state index in [0.717, 1.165) is 22.2 Å². The van der Waals surface area contributed by atoms with Crippen molar-refractivity contribution in [2.45, 2.75) is 20.4 Å². The third-order valence-corrected chi connectivity index (χ3v) is 5.31. The Morgan fingerprint density at radius 1 is 1.07 bits per heavy atom. The molecule has 2 N–H and O–H groups in total. The van der Waals surface area contributed by atoms with Gasteiger partial charge in [0.25, 0.3) is 0 Å². The predicted octanol–water partition coefficient (Wildman–Crippen LogP) is 4.94. The van der Waals surface area contributed by atoms with Crippen molar-refractivity contribution in [3.63, 3.8) is 0 Å². The Morgan fingerprint density at radius 2 is 1.86 bits per heavy atom. The van der Waals surface area contributed by atoms with Gasteiger partial charge in [0, 0.05) is 30.2 Å². The molecule has 3 aromatic carbocycles. The highest BCUT2D eigenvalue weighted by atomic mass is 16.5. The van der Waals surface area contributed by atoms with Gasteiger partial charge in [-0.1, -0.05) is 48.5 Å². The van der Waals surface area contributed by atoms with Crippen LogP contribution in [0.3, 0.4) is 0 Å². The first-order chi connectivity index (χ1) is 13.5. The standard InChI is InChI=1S/C24H24N2O2/c1-4-28-24(27)23-19-10-9-17(13-21(19)26(3)22(23)14-25)20-12-15(2)11-16-7-5-6-8-18(16)20/h5-13H,4,14,25H2,1-3H3. The minimum Gasteiger partial charge on any atom is -0.462 e. The van der Waals surface area contributed by atoms with Crippen LogP contribution in [0.4, 0.5) is 0 Å². The fourth-order valence-electron chi connectivity index (χ4n) is 4.03. The fourth-order valence-corrected chi connectivity index (χ4v) is 4.03. The van der Waals surface area contributed by atoms with Crippen molar-refractivity contribution >= 4 is 27.6 Å². The maximum Gasteiger partial charge on any atom is 0.340 e. The molecule has 4 nitrogen and oxygen atoms in total. The number of rotatable bonds is 4. The molecule has 0 spiro atoms. The Balaban J connectivity index is 1.97. The average molecular weight is 372 g/mol. The van der Waals surface area contributed by atoms with Crippen molar-refractivity contribution in [1.82, 2.24) is 4.57 Å². The molecule has 4 aromatic rings. The van der Waals surface area contributed by atoms with Crippen molar-refractivity contribution in [3.8, 4) is 11.1 Å². The fraction of sp³-hybridized carbons (Fsp3) is 0.208. The largest absolute Gasteiger partial charge is 0.462 e. The number of hydrogen-bond donors (Lipinski definition) is 1. The summed E-state index contributed by atoms with van der Waals surface area (Å²) in [5, 5.41) is 3.31. The van der Waals surface area contributed by atoms with Crippen LogP contribution in [0.25, 0.3) is 32.8 Å². The number of aromatic nitrogens is 1. The summed E-state index contributed by atoms with van der Waals surface area (Å²) in [5.41, 5.74) is 11.8. The van der Waals surface area contributed by atoms with Crippen molar-refractivity contribution in [2.75, 3.05) is 6.61 Å². The third kappa shape index (κ3) is 2.86. The SMILES string of the molecule is CCOC(=O)c1c(CN)n(C)c2cc(-c3cc(C)cc4ccccc34)ccc12. The van der Waals surface area contributed by atoms with Gasteiger partial charge in [-0.25, -0.2) is 4.79 Å². The molecule has 0 saturated heterocycles. The van der Waals surface area contributed by atoms with E-state index >= 15 is 0 Å². The summed E-state index contributed by atoms with van der Waals surface area (Å²) < 4.78 is 7.28. The van der Waals surface area contributed by atoms with Crippen molar-refractivity contribution in [3.05, 3.63) is 71.4 Å². The average Bonchev–Trinajstić information content (AvgIpc) is 2.98. The molecular weight excluding hydrogens is 348 g/mol. The van der Waals surface area contributed by atoms with Crippen molar-refractivity contribution < 1.29 is 9.53 Å². The van der Waals surface area contributed by atoms with Gasteiger partial charge >= 0.3 is 5.97 Å². The Bertz CT molecular complexity index is 1200. The molecule has 142 valence electrons. The highest BCUT2D eigenvalue weighted by molar-refractivity contribution is 6.07. The Labute approximate surface area is 164 Å². The van der Waals surface area contributed by atoms with E-state index in [-0.39, 0.29) is 12.5 Å². The second-order valence-corrected chi connectivity index (χ2v) is 7.07. The molecular formula is C24H24N2O2. The number of carbonyl (C=O) groups is 1. The van der Waals surface area contributed by atoms with Crippen LogP contribution >= 0.6 is 0 Å². The van der Waals surface area contributed by atoms with Gasteiger partial charge in [-0.2, -0.15) is 0 Å². The molecule has 4 rings (SSSR count). The zero-order chi connectivity index (χ0) is 19.8. The number of nitrogens with two attached hydrogens (primary N) is 1. The summed E-state index contributed by atoms with van der Waals surface area (Å²) in [4.78, 5) is 12.5. The van der Waals surface area contributed by atoms with Crippen molar-refractivity contribution in [1.29, 1.82) is 0 Å². The van der Waals surface area contributed by atoms with Crippen LogP contribution in [0, 0.1) is 6.92 Å². The summed E-state index contributed by atoms with van der Waals surface area (Å²) in [5.74, 6) is -0.317. The summed E-state index contributed by atoms with van der Waals surface area (Å²) in [7, 11) is 1.95. The number of benzene rings is 3. The lowest BCUT2D eigenvalue weighted by Crippen LogP contribution is -2.12. The lowest BCUT2D eigenvalue weighted by molar-refractivity contribution is 0.0527. The number of nitrogens with zero attached hydrogens (tertiary/aromatic N) is 1. The highest BCUT2D eigenvalue weighted by Gasteiger charge is 2.21. The summed E-state index contributed by atoms with van der Waals surface area (Å²) in [6.45, 7) is 4.54. The van der Waals surface area contributed by atoms with E-state index in [1.807, 2.05) is 24.6 Å². The first-order valence-corrected chi connectivity index (χ1v) is 9.53. The minimum atomic E-state index is -0.317. The van der Waals surface area contributed by atoms with Gasteiger partial charge in [0.05, 0.1) is 12.2 Å². The van der Waals surface area contributed by atoms with Gasteiger partial charge in [-0.05, 0) is 47.4 Å². The van der Waals surface area contributed by atoms with Gasteiger partial charge < -0.3 is 15.0 Å². The quantitative estimate of drug-likeness (QED) is 0.516. The van der Waals surface area contributed by atoms with Gasteiger partial charge in [0.2, 0.25) is 0 Å². The number of carbonyl (C=O) groups excluding carboxylic acids is 1. The van der Waals surface area contributed by atoms with Gasteiger partial charge in [-0.3, -0.25) is 0 Å². The minimum absolute atomic E-state index is 0.280. The highest BCUT2D eigenvalue weighted by Crippen LogP contribution is 2.34. The van der Waals surface area contributed by atoms with Crippen LogP contribution in [0.15, 0.2) is 54.6 Å². The van der Waals surface area contributed by atoms with Crippen LogP contribution in [-0.4, -0.2) is 17.1 Å². The number of fused-ring (bicyclic) bond motifs is 2. The number of aryl methyl sites for hydroxylation is 2. The zero-order valence-electron chi connectivity index (χ0n) is 16.5. The maximum atomic E-state index is 12.5. The molecule has 0 atom stereocenters. The van der Waals surface area contributed by atoms with Gasteiger partial charge in [0.1, 0.15) is 0 Å². The van der Waals surface area contributed by atoms with Crippen molar-refractivity contribution in [2.24, 2.45) is 12.8 Å². The first kappa shape index (κ1) is 18.3. The molecule has 28 heavy (non-hydrogen) atoms. The molecule has 1 heterocycles.